The molecule has 2 rings (SSSR count). The third-order valence-corrected chi connectivity index (χ3v) is 3.34. The average molecular weight is 353 g/mol. The van der Waals surface area contributed by atoms with Crippen LogP contribution in [-0.4, -0.2) is 17.6 Å². The average Bonchev–Trinajstić information content (AvgIpc) is 2.85. The Hall–Kier alpha value is -1.33. The highest BCUT2D eigenvalue weighted by Crippen LogP contribution is 2.27. The standard InChI is InChI=1S/C16H21BrN2O2/c1-4-7-19-16(14-5-6-15(17)21-14)12-8-13(10-18-9-12)20-11(2)3/h5-6,8-11,16,19H,4,7H2,1-3H3. The molecule has 4 nitrogen and oxygen atoms in total. The summed E-state index contributed by atoms with van der Waals surface area (Å²) in [5.41, 5.74) is 1.03. The van der Waals surface area contributed by atoms with Crippen LogP contribution in [0.15, 0.2) is 39.7 Å². The fourth-order valence-corrected chi connectivity index (χ4v) is 2.40. The summed E-state index contributed by atoms with van der Waals surface area (Å²) < 4.78 is 12.1. The number of hydrogen-bond donors (Lipinski definition) is 1. The van der Waals surface area contributed by atoms with Crippen molar-refractivity contribution in [3.8, 4) is 5.75 Å². The summed E-state index contributed by atoms with van der Waals surface area (Å²) in [6, 6.07) is 5.85. The van der Waals surface area contributed by atoms with E-state index in [4.69, 9.17) is 9.15 Å². The van der Waals surface area contributed by atoms with Crippen LogP contribution < -0.4 is 10.1 Å². The van der Waals surface area contributed by atoms with E-state index in [2.05, 4.69) is 33.2 Å². The van der Waals surface area contributed by atoms with Gasteiger partial charge in [-0.25, -0.2) is 0 Å². The molecule has 0 amide bonds. The lowest BCUT2D eigenvalue weighted by Crippen LogP contribution is -2.23. The molecule has 1 atom stereocenters. The molecule has 5 heteroatoms. The molecule has 0 bridgehead atoms. The Morgan fingerprint density at radius 1 is 1.33 bits per heavy atom. The second-order valence-electron chi connectivity index (χ2n) is 5.15. The quantitative estimate of drug-likeness (QED) is 0.806. The first kappa shape index (κ1) is 16.0. The van der Waals surface area contributed by atoms with Crippen molar-refractivity contribution in [2.75, 3.05) is 6.54 Å². The molecular formula is C16H21BrN2O2. The summed E-state index contributed by atoms with van der Waals surface area (Å²) in [5.74, 6) is 1.63. The molecule has 114 valence electrons. The van der Waals surface area contributed by atoms with Crippen LogP contribution in [0.25, 0.3) is 0 Å². The van der Waals surface area contributed by atoms with E-state index in [1.165, 1.54) is 0 Å². The number of hydrogen-bond acceptors (Lipinski definition) is 4. The van der Waals surface area contributed by atoms with E-state index >= 15 is 0 Å². The number of pyridine rings is 1. The zero-order valence-corrected chi connectivity index (χ0v) is 14.2. The van der Waals surface area contributed by atoms with Crippen molar-refractivity contribution in [1.29, 1.82) is 0 Å². The summed E-state index contributed by atoms with van der Waals surface area (Å²) in [6.07, 6.45) is 4.76. The van der Waals surface area contributed by atoms with E-state index in [0.717, 1.165) is 34.7 Å². The van der Waals surface area contributed by atoms with Gasteiger partial charge in [0.15, 0.2) is 4.67 Å². The van der Waals surface area contributed by atoms with Crippen molar-refractivity contribution in [2.24, 2.45) is 0 Å². The van der Waals surface area contributed by atoms with Crippen LogP contribution >= 0.6 is 15.9 Å². The Bertz CT molecular complexity index is 569. The lowest BCUT2D eigenvalue weighted by Gasteiger charge is -2.18. The van der Waals surface area contributed by atoms with Gasteiger partial charge in [-0.2, -0.15) is 0 Å². The molecule has 0 radical (unpaired) electrons. The number of nitrogens with zero attached hydrogens (tertiary/aromatic N) is 1. The van der Waals surface area contributed by atoms with Crippen LogP contribution in [0.3, 0.4) is 0 Å². The van der Waals surface area contributed by atoms with Crippen LogP contribution in [0, 0.1) is 0 Å². The molecule has 0 spiro atoms. The molecular weight excluding hydrogens is 332 g/mol. The fraction of sp³-hybridized carbons (Fsp3) is 0.438. The van der Waals surface area contributed by atoms with Crippen molar-refractivity contribution in [1.82, 2.24) is 10.3 Å². The maximum atomic E-state index is 5.72. The fourth-order valence-electron chi connectivity index (χ4n) is 2.08. The minimum Gasteiger partial charge on any atom is -0.489 e. The monoisotopic (exact) mass is 352 g/mol. The number of aromatic nitrogens is 1. The molecule has 1 unspecified atom stereocenters. The smallest absolute Gasteiger partial charge is 0.169 e. The van der Waals surface area contributed by atoms with Gasteiger partial charge < -0.3 is 14.5 Å². The highest BCUT2D eigenvalue weighted by Gasteiger charge is 2.18. The maximum absolute atomic E-state index is 5.72. The minimum absolute atomic E-state index is 0.0283. The van der Waals surface area contributed by atoms with Gasteiger partial charge in [0.05, 0.1) is 18.3 Å². The molecule has 2 aromatic rings. The second-order valence-corrected chi connectivity index (χ2v) is 5.93. The zero-order chi connectivity index (χ0) is 15.2. The second kappa shape index (κ2) is 7.61. The number of halogens is 1. The first-order valence-electron chi connectivity index (χ1n) is 7.20. The van der Waals surface area contributed by atoms with Gasteiger partial charge in [0, 0.05) is 6.20 Å². The number of furan rings is 1. The van der Waals surface area contributed by atoms with Crippen molar-refractivity contribution >= 4 is 15.9 Å². The molecule has 21 heavy (non-hydrogen) atoms. The van der Waals surface area contributed by atoms with Gasteiger partial charge in [-0.1, -0.05) is 6.92 Å². The summed E-state index contributed by atoms with van der Waals surface area (Å²) in [4.78, 5) is 4.28. The first-order valence-corrected chi connectivity index (χ1v) is 7.99. The van der Waals surface area contributed by atoms with E-state index < -0.39 is 0 Å². The predicted molar refractivity (Wildman–Crippen MR) is 86.5 cm³/mol. The lowest BCUT2D eigenvalue weighted by atomic mass is 10.1. The van der Waals surface area contributed by atoms with Gasteiger partial charge >= 0.3 is 0 Å². The van der Waals surface area contributed by atoms with E-state index in [1.54, 1.807) is 6.20 Å². The van der Waals surface area contributed by atoms with Crippen molar-refractivity contribution in [3.63, 3.8) is 0 Å². The third-order valence-electron chi connectivity index (χ3n) is 2.92. The highest BCUT2D eigenvalue weighted by atomic mass is 79.9. The van der Waals surface area contributed by atoms with Gasteiger partial charge in [-0.05, 0) is 66.5 Å². The van der Waals surface area contributed by atoms with Gasteiger partial charge in [-0.3, -0.25) is 4.98 Å². The zero-order valence-electron chi connectivity index (χ0n) is 12.6. The summed E-state index contributed by atoms with van der Waals surface area (Å²) in [6.45, 7) is 7.04. The van der Waals surface area contributed by atoms with E-state index in [0.29, 0.717) is 0 Å². The molecule has 1 N–H and O–H groups in total. The number of nitrogens with one attached hydrogen (secondary N) is 1. The van der Waals surface area contributed by atoms with Crippen LogP contribution in [0.2, 0.25) is 0 Å². The van der Waals surface area contributed by atoms with Gasteiger partial charge in [-0.15, -0.1) is 0 Å². The molecule has 0 aromatic carbocycles. The third kappa shape index (κ3) is 4.58. The molecule has 0 saturated carbocycles. The minimum atomic E-state index is -0.0283. The van der Waals surface area contributed by atoms with Crippen molar-refractivity contribution < 1.29 is 9.15 Å². The van der Waals surface area contributed by atoms with Gasteiger partial charge in [0.25, 0.3) is 0 Å². The van der Waals surface area contributed by atoms with E-state index in [1.807, 2.05) is 38.2 Å². The Balaban J connectivity index is 2.27. The van der Waals surface area contributed by atoms with Crippen LogP contribution in [0.4, 0.5) is 0 Å². The molecule has 0 aliphatic carbocycles. The van der Waals surface area contributed by atoms with Crippen LogP contribution in [0.1, 0.15) is 44.6 Å². The molecule has 2 heterocycles. The number of ether oxygens (including phenoxy) is 1. The lowest BCUT2D eigenvalue weighted by molar-refractivity contribution is 0.241. The summed E-state index contributed by atoms with van der Waals surface area (Å²) in [7, 11) is 0. The Kier molecular flexibility index (Phi) is 5.82. The normalized spacial score (nSPS) is 12.6. The predicted octanol–water partition coefficient (Wildman–Crippen LogP) is 4.31. The number of rotatable bonds is 7. The van der Waals surface area contributed by atoms with E-state index in [9.17, 15) is 0 Å². The topological polar surface area (TPSA) is 47.3 Å². The highest BCUT2D eigenvalue weighted by molar-refractivity contribution is 9.10. The first-order chi connectivity index (χ1) is 10.1. The SMILES string of the molecule is CCCNC(c1cncc(OC(C)C)c1)c1ccc(Br)o1. The molecule has 0 fully saturated rings. The van der Waals surface area contributed by atoms with Gasteiger partial charge in [0.2, 0.25) is 0 Å². The molecule has 2 aromatic heterocycles. The largest absolute Gasteiger partial charge is 0.489 e. The molecule has 0 aliphatic heterocycles. The van der Waals surface area contributed by atoms with Gasteiger partial charge in [0.1, 0.15) is 11.5 Å². The van der Waals surface area contributed by atoms with Crippen molar-refractivity contribution in [2.45, 2.75) is 39.3 Å². The summed E-state index contributed by atoms with van der Waals surface area (Å²) in [5, 5.41) is 3.49. The Labute approximate surface area is 134 Å². The van der Waals surface area contributed by atoms with E-state index in [-0.39, 0.29) is 12.1 Å². The summed E-state index contributed by atoms with van der Waals surface area (Å²) >= 11 is 3.35. The Morgan fingerprint density at radius 3 is 2.76 bits per heavy atom. The molecule has 0 aliphatic rings. The molecule has 0 saturated heterocycles. The van der Waals surface area contributed by atoms with Crippen LogP contribution in [-0.2, 0) is 0 Å². The maximum Gasteiger partial charge on any atom is 0.169 e. The van der Waals surface area contributed by atoms with Crippen LogP contribution in [0.5, 0.6) is 5.75 Å². The Morgan fingerprint density at radius 2 is 2.14 bits per heavy atom. The van der Waals surface area contributed by atoms with Crippen molar-refractivity contribution in [3.05, 3.63) is 46.6 Å².